The molecule has 3 aromatic rings. The lowest BCUT2D eigenvalue weighted by Gasteiger charge is -2.32. The van der Waals surface area contributed by atoms with Crippen LogP contribution in [0.25, 0.3) is 11.1 Å². The van der Waals surface area contributed by atoms with Crippen molar-refractivity contribution >= 4 is 29.2 Å². The van der Waals surface area contributed by atoms with Crippen LogP contribution >= 0.6 is 0 Å². The molecule has 3 aromatic carbocycles. The number of aliphatic carboxylic acids is 1. The molecule has 7 heteroatoms. The quantitative estimate of drug-likeness (QED) is 0.465. The highest BCUT2D eigenvalue weighted by Gasteiger charge is 2.40. The summed E-state index contributed by atoms with van der Waals surface area (Å²) in [6.45, 7) is 1.69. The molecule has 0 saturated carbocycles. The third-order valence-electron chi connectivity index (χ3n) is 5.97. The normalized spacial score (nSPS) is 17.2. The summed E-state index contributed by atoms with van der Waals surface area (Å²) < 4.78 is 14.7. The second kappa shape index (κ2) is 8.86. The number of hydrogen-bond acceptors (Lipinski definition) is 3. The van der Waals surface area contributed by atoms with Crippen LogP contribution in [0.3, 0.4) is 0 Å². The van der Waals surface area contributed by atoms with Gasteiger partial charge in [-0.2, -0.15) is 0 Å². The van der Waals surface area contributed by atoms with Gasteiger partial charge in [0.1, 0.15) is 5.82 Å². The van der Waals surface area contributed by atoms with Crippen molar-refractivity contribution in [3.8, 4) is 11.1 Å². The number of amides is 2. The van der Waals surface area contributed by atoms with Gasteiger partial charge in [0.05, 0.1) is 12.1 Å². The third-order valence-corrected chi connectivity index (χ3v) is 5.97. The van der Waals surface area contributed by atoms with Crippen molar-refractivity contribution in [3.05, 3.63) is 83.7 Å². The molecular weight excluding hydrogens is 423 g/mol. The van der Waals surface area contributed by atoms with E-state index in [4.69, 9.17) is 5.11 Å². The van der Waals surface area contributed by atoms with E-state index >= 15 is 0 Å². The number of anilines is 2. The number of para-hydroxylation sites is 1. The topological polar surface area (TPSA) is 95.5 Å². The number of nitrogens with one attached hydrogen (secondary N) is 2. The smallest absolute Gasteiger partial charge is 0.323 e. The molecule has 1 aliphatic carbocycles. The largest absolute Gasteiger partial charge is 0.481 e. The van der Waals surface area contributed by atoms with Gasteiger partial charge in [-0.15, -0.1) is 0 Å². The van der Waals surface area contributed by atoms with Gasteiger partial charge in [0.15, 0.2) is 5.78 Å². The van der Waals surface area contributed by atoms with Crippen molar-refractivity contribution in [2.45, 2.75) is 26.2 Å². The first-order valence-electron chi connectivity index (χ1n) is 10.6. The summed E-state index contributed by atoms with van der Waals surface area (Å²) in [5.74, 6) is -1.75. The van der Waals surface area contributed by atoms with Crippen LogP contribution in [0, 0.1) is 11.2 Å². The molecule has 6 nitrogen and oxygen atoms in total. The minimum absolute atomic E-state index is 0.0461. The van der Waals surface area contributed by atoms with E-state index in [-0.39, 0.29) is 17.9 Å². The zero-order valence-corrected chi connectivity index (χ0v) is 18.0. The van der Waals surface area contributed by atoms with Crippen molar-refractivity contribution in [2.24, 2.45) is 5.41 Å². The van der Waals surface area contributed by atoms with Gasteiger partial charge in [-0.1, -0.05) is 49.4 Å². The van der Waals surface area contributed by atoms with Crippen LogP contribution in [0.4, 0.5) is 20.6 Å². The van der Waals surface area contributed by atoms with Gasteiger partial charge in [0.25, 0.3) is 0 Å². The average Bonchev–Trinajstić information content (AvgIpc) is 2.78. The fraction of sp³-hybridized carbons (Fsp3) is 0.192. The molecule has 168 valence electrons. The van der Waals surface area contributed by atoms with E-state index < -0.39 is 23.2 Å². The maximum atomic E-state index is 14.7. The number of carboxylic acids is 1. The fourth-order valence-corrected chi connectivity index (χ4v) is 4.16. The van der Waals surface area contributed by atoms with E-state index in [2.05, 4.69) is 10.6 Å². The van der Waals surface area contributed by atoms with Crippen molar-refractivity contribution < 1.29 is 23.9 Å². The van der Waals surface area contributed by atoms with E-state index in [0.29, 0.717) is 29.7 Å². The SMILES string of the molecule is CC1(CC(=O)O)CCc2cc(-c3ccc(NC(=O)Nc4ccccc4)c(F)c3)ccc2C1=O. The highest BCUT2D eigenvalue weighted by Crippen LogP contribution is 2.39. The Morgan fingerprint density at radius 3 is 2.39 bits per heavy atom. The van der Waals surface area contributed by atoms with Crippen molar-refractivity contribution in [1.29, 1.82) is 0 Å². The molecule has 0 spiro atoms. The minimum atomic E-state index is -0.993. The van der Waals surface area contributed by atoms with E-state index in [9.17, 15) is 18.8 Å². The number of rotatable bonds is 5. The molecule has 4 rings (SSSR count). The van der Waals surface area contributed by atoms with Gasteiger partial charge in [-0.3, -0.25) is 9.59 Å². The van der Waals surface area contributed by atoms with Crippen LogP contribution in [-0.2, 0) is 11.2 Å². The van der Waals surface area contributed by atoms with E-state index in [1.807, 2.05) is 12.1 Å². The Hall–Kier alpha value is -4.00. The predicted molar refractivity (Wildman–Crippen MR) is 124 cm³/mol. The van der Waals surface area contributed by atoms with Crippen LogP contribution in [0.1, 0.15) is 35.7 Å². The number of fused-ring (bicyclic) bond motifs is 1. The lowest BCUT2D eigenvalue weighted by atomic mass is 9.69. The maximum absolute atomic E-state index is 14.7. The molecule has 0 bridgehead atoms. The number of carboxylic acid groups (broad SMARTS) is 1. The Morgan fingerprint density at radius 2 is 1.70 bits per heavy atom. The molecule has 33 heavy (non-hydrogen) atoms. The standard InChI is InChI=1S/C26H23FN2O4/c1-26(15-23(30)31)12-11-18-13-16(7-9-20(18)24(26)32)17-8-10-22(21(27)14-17)29-25(33)28-19-5-3-2-4-6-19/h2-10,13-14H,11-12,15H2,1H3,(H,30,31)(H2,28,29,33). The Kier molecular flexibility index (Phi) is 5.96. The number of benzene rings is 3. The number of ketones is 1. The lowest BCUT2D eigenvalue weighted by molar-refractivity contribution is -0.139. The second-order valence-corrected chi connectivity index (χ2v) is 8.47. The molecular formula is C26H23FN2O4. The number of urea groups is 1. The van der Waals surface area contributed by atoms with E-state index in [0.717, 1.165) is 11.1 Å². The number of halogens is 1. The van der Waals surface area contributed by atoms with Crippen molar-refractivity contribution in [2.75, 3.05) is 10.6 Å². The van der Waals surface area contributed by atoms with Gasteiger partial charge in [-0.25, -0.2) is 9.18 Å². The summed E-state index contributed by atoms with van der Waals surface area (Å²) in [5.41, 5.74) is 2.41. The summed E-state index contributed by atoms with van der Waals surface area (Å²) in [4.78, 5) is 36.2. The number of carbonyl (C=O) groups is 3. The summed E-state index contributed by atoms with van der Waals surface area (Å²) in [7, 11) is 0. The fourth-order valence-electron chi connectivity index (χ4n) is 4.16. The number of aryl methyl sites for hydroxylation is 1. The van der Waals surface area contributed by atoms with Gasteiger partial charge in [-0.05, 0) is 53.8 Å². The maximum Gasteiger partial charge on any atom is 0.323 e. The molecule has 1 aliphatic rings. The first kappa shape index (κ1) is 22.2. The molecule has 0 fully saturated rings. The van der Waals surface area contributed by atoms with Crippen LogP contribution < -0.4 is 10.6 Å². The van der Waals surface area contributed by atoms with Gasteiger partial charge >= 0.3 is 12.0 Å². The molecule has 1 atom stereocenters. The van der Waals surface area contributed by atoms with Crippen LogP contribution in [0.15, 0.2) is 66.7 Å². The molecule has 0 aliphatic heterocycles. The number of Topliss-reactive ketones (excluding diaryl/α,β-unsaturated/α-hetero) is 1. The van der Waals surface area contributed by atoms with Gasteiger partial charge in [0, 0.05) is 16.7 Å². The van der Waals surface area contributed by atoms with Crippen LogP contribution in [-0.4, -0.2) is 22.9 Å². The second-order valence-electron chi connectivity index (χ2n) is 8.47. The highest BCUT2D eigenvalue weighted by atomic mass is 19.1. The Labute approximate surface area is 190 Å². The molecule has 3 N–H and O–H groups in total. The Morgan fingerprint density at radius 1 is 1.00 bits per heavy atom. The Bertz CT molecular complexity index is 1240. The summed E-state index contributed by atoms with van der Waals surface area (Å²) in [6.07, 6.45) is 0.813. The van der Waals surface area contributed by atoms with E-state index in [1.54, 1.807) is 49.4 Å². The molecule has 2 amide bonds. The van der Waals surface area contributed by atoms with Crippen molar-refractivity contribution in [1.82, 2.24) is 0 Å². The first-order valence-corrected chi connectivity index (χ1v) is 10.6. The summed E-state index contributed by atoms with van der Waals surface area (Å²) >= 11 is 0. The molecule has 1 unspecified atom stereocenters. The zero-order valence-electron chi connectivity index (χ0n) is 18.0. The van der Waals surface area contributed by atoms with Crippen LogP contribution in [0.5, 0.6) is 0 Å². The molecule has 0 radical (unpaired) electrons. The Balaban J connectivity index is 1.51. The van der Waals surface area contributed by atoms with Gasteiger partial charge < -0.3 is 15.7 Å². The predicted octanol–water partition coefficient (Wildman–Crippen LogP) is 5.75. The zero-order chi connectivity index (χ0) is 23.6. The average molecular weight is 446 g/mol. The number of hydrogen-bond donors (Lipinski definition) is 3. The summed E-state index contributed by atoms with van der Waals surface area (Å²) in [5, 5.41) is 14.3. The monoisotopic (exact) mass is 446 g/mol. The number of carbonyl (C=O) groups excluding carboxylic acids is 2. The third kappa shape index (κ3) is 4.77. The summed E-state index contributed by atoms with van der Waals surface area (Å²) in [6, 6.07) is 18.1. The molecule has 0 saturated heterocycles. The molecule has 0 heterocycles. The lowest BCUT2D eigenvalue weighted by Crippen LogP contribution is -2.35. The minimum Gasteiger partial charge on any atom is -0.481 e. The first-order chi connectivity index (χ1) is 15.7. The highest BCUT2D eigenvalue weighted by molar-refractivity contribution is 6.04. The van der Waals surface area contributed by atoms with Gasteiger partial charge in [0.2, 0.25) is 0 Å². The van der Waals surface area contributed by atoms with Crippen LogP contribution in [0.2, 0.25) is 0 Å². The molecule has 0 aromatic heterocycles. The van der Waals surface area contributed by atoms with Crippen molar-refractivity contribution in [3.63, 3.8) is 0 Å². The van der Waals surface area contributed by atoms with E-state index in [1.165, 1.54) is 12.1 Å².